The summed E-state index contributed by atoms with van der Waals surface area (Å²) in [5.74, 6) is 1.59. The Morgan fingerprint density at radius 2 is 2.13 bits per heavy atom. The molecule has 4 heteroatoms. The van der Waals surface area contributed by atoms with Gasteiger partial charge in [-0.25, -0.2) is 0 Å². The van der Waals surface area contributed by atoms with Crippen LogP contribution in [0.3, 0.4) is 0 Å². The highest BCUT2D eigenvalue weighted by molar-refractivity contribution is 6.45. The molecule has 4 aliphatic rings. The minimum atomic E-state index is -0.0138. The largest absolute Gasteiger partial charge is 0.472 e. The van der Waals surface area contributed by atoms with Gasteiger partial charge in [0.25, 0.3) is 0 Å². The van der Waals surface area contributed by atoms with Gasteiger partial charge in [0.2, 0.25) is 0 Å². The lowest BCUT2D eigenvalue weighted by molar-refractivity contribution is -0.150. The topological polar surface area (TPSA) is 30.5 Å². The second kappa shape index (κ2) is 3.22. The van der Waals surface area contributed by atoms with Crippen molar-refractivity contribution in [1.29, 1.82) is 0 Å². The predicted molar refractivity (Wildman–Crippen MR) is 59.4 cm³/mol. The Bertz CT molecular complexity index is 271. The molecule has 0 aromatic rings. The van der Waals surface area contributed by atoms with E-state index in [1.165, 1.54) is 12.8 Å². The monoisotopic (exact) mass is 209 g/mol. The summed E-state index contributed by atoms with van der Waals surface area (Å²) in [6.07, 6.45) is 4.10. The van der Waals surface area contributed by atoms with E-state index in [0.29, 0.717) is 17.6 Å². The van der Waals surface area contributed by atoms with E-state index in [0.717, 1.165) is 18.3 Å². The molecule has 84 valence electrons. The van der Waals surface area contributed by atoms with Crippen molar-refractivity contribution in [3.63, 3.8) is 0 Å². The second-order valence-electron chi connectivity index (χ2n) is 5.86. The molecule has 0 amide bonds. The minimum absolute atomic E-state index is 0.0138. The average Bonchev–Trinajstić information content (AvgIpc) is 2.59. The molecule has 1 heterocycles. The predicted octanol–water partition coefficient (Wildman–Crippen LogP) is 1.08. The van der Waals surface area contributed by atoms with Gasteiger partial charge in [-0.05, 0) is 37.1 Å². The molecule has 0 radical (unpaired) electrons. The van der Waals surface area contributed by atoms with E-state index >= 15 is 0 Å². The van der Waals surface area contributed by atoms with Gasteiger partial charge in [0, 0.05) is 6.44 Å². The smallest absolute Gasteiger partial charge is 0.405 e. The van der Waals surface area contributed by atoms with E-state index in [2.05, 4.69) is 19.2 Å². The molecule has 4 rings (SSSR count). The van der Waals surface area contributed by atoms with Crippen LogP contribution in [0.25, 0.3) is 0 Å². The first-order chi connectivity index (χ1) is 7.13. The number of rotatable bonds is 2. The number of hydrogen-bond acceptors (Lipinski definition) is 3. The molecule has 15 heavy (non-hydrogen) atoms. The highest BCUT2D eigenvalue weighted by atomic mass is 16.7. The van der Waals surface area contributed by atoms with Crippen molar-refractivity contribution in [2.45, 2.75) is 38.9 Å². The van der Waals surface area contributed by atoms with E-state index in [9.17, 15) is 0 Å². The molecule has 1 saturated heterocycles. The summed E-state index contributed by atoms with van der Waals surface area (Å²) in [7, 11) is 1.93. The van der Waals surface area contributed by atoms with E-state index in [1.54, 1.807) is 0 Å². The Kier molecular flexibility index (Phi) is 2.17. The maximum Gasteiger partial charge on any atom is 0.472 e. The Balaban J connectivity index is 1.72. The molecule has 3 aliphatic carbocycles. The normalized spacial score (nSPS) is 46.2. The maximum absolute atomic E-state index is 6.01. The lowest BCUT2D eigenvalue weighted by atomic mass is 9.47. The van der Waals surface area contributed by atoms with Gasteiger partial charge < -0.3 is 14.6 Å². The maximum atomic E-state index is 6.01. The van der Waals surface area contributed by atoms with Crippen LogP contribution in [0.15, 0.2) is 0 Å². The SMILES string of the molecule is CNCB1OC2CC3CC(C2O1)C3(C)C. The van der Waals surface area contributed by atoms with Crippen molar-refractivity contribution >= 4 is 7.12 Å². The molecule has 0 aromatic carbocycles. The summed E-state index contributed by atoms with van der Waals surface area (Å²) in [5.41, 5.74) is 0.485. The molecule has 0 aromatic heterocycles. The minimum Gasteiger partial charge on any atom is -0.405 e. The van der Waals surface area contributed by atoms with Gasteiger partial charge in [-0.15, -0.1) is 0 Å². The zero-order chi connectivity index (χ0) is 10.6. The molecular formula is C11H20BNO2. The highest BCUT2D eigenvalue weighted by Gasteiger charge is 2.61. The molecule has 3 nitrogen and oxygen atoms in total. The molecular weight excluding hydrogens is 189 g/mol. The molecule has 1 aliphatic heterocycles. The third-order valence-corrected chi connectivity index (χ3v) is 4.83. The zero-order valence-corrected chi connectivity index (χ0v) is 9.82. The summed E-state index contributed by atoms with van der Waals surface area (Å²) in [5, 5.41) is 3.12. The Labute approximate surface area is 92.0 Å². The first-order valence-electron chi connectivity index (χ1n) is 6.08. The summed E-state index contributed by atoms with van der Waals surface area (Å²) < 4.78 is 11.9. The van der Waals surface area contributed by atoms with E-state index in [4.69, 9.17) is 9.31 Å². The van der Waals surface area contributed by atoms with Crippen LogP contribution in [0.4, 0.5) is 0 Å². The van der Waals surface area contributed by atoms with Crippen LogP contribution in [0, 0.1) is 17.3 Å². The van der Waals surface area contributed by atoms with E-state index < -0.39 is 0 Å². The van der Waals surface area contributed by atoms with E-state index in [1.807, 2.05) is 7.05 Å². The molecule has 2 bridgehead atoms. The third kappa shape index (κ3) is 1.31. The van der Waals surface area contributed by atoms with Gasteiger partial charge in [0.1, 0.15) is 0 Å². The van der Waals surface area contributed by atoms with Crippen molar-refractivity contribution in [3.8, 4) is 0 Å². The van der Waals surface area contributed by atoms with Crippen molar-refractivity contribution in [1.82, 2.24) is 5.32 Å². The van der Waals surface area contributed by atoms with Crippen LogP contribution in [0.1, 0.15) is 26.7 Å². The van der Waals surface area contributed by atoms with Crippen LogP contribution in [0.2, 0.25) is 0 Å². The molecule has 4 fully saturated rings. The average molecular weight is 209 g/mol. The third-order valence-electron chi connectivity index (χ3n) is 4.83. The summed E-state index contributed by atoms with van der Waals surface area (Å²) in [6.45, 7) is 4.77. The molecule has 4 unspecified atom stereocenters. The van der Waals surface area contributed by atoms with Crippen LogP contribution in [0.5, 0.6) is 0 Å². The highest BCUT2D eigenvalue weighted by Crippen LogP contribution is 2.61. The summed E-state index contributed by atoms with van der Waals surface area (Å²) in [4.78, 5) is 0. The second-order valence-corrected chi connectivity index (χ2v) is 5.86. The Morgan fingerprint density at radius 3 is 2.80 bits per heavy atom. The quantitative estimate of drug-likeness (QED) is 0.690. The fourth-order valence-corrected chi connectivity index (χ4v) is 3.67. The van der Waals surface area contributed by atoms with Gasteiger partial charge in [-0.2, -0.15) is 0 Å². The van der Waals surface area contributed by atoms with Gasteiger partial charge >= 0.3 is 7.12 Å². The van der Waals surface area contributed by atoms with Crippen molar-refractivity contribution in [2.24, 2.45) is 17.3 Å². The van der Waals surface area contributed by atoms with Gasteiger partial charge in [0.15, 0.2) is 0 Å². The molecule has 4 atom stereocenters. The van der Waals surface area contributed by atoms with Gasteiger partial charge in [-0.1, -0.05) is 13.8 Å². The number of nitrogens with one attached hydrogen (secondary N) is 1. The van der Waals surface area contributed by atoms with Crippen molar-refractivity contribution in [2.75, 3.05) is 13.5 Å². The lowest BCUT2D eigenvalue weighted by Gasteiger charge is -2.60. The molecule has 0 spiro atoms. The lowest BCUT2D eigenvalue weighted by Crippen LogP contribution is -2.59. The first-order valence-corrected chi connectivity index (χ1v) is 6.08. The van der Waals surface area contributed by atoms with Crippen LogP contribution >= 0.6 is 0 Å². The van der Waals surface area contributed by atoms with Crippen LogP contribution in [-0.4, -0.2) is 32.8 Å². The van der Waals surface area contributed by atoms with E-state index in [-0.39, 0.29) is 7.12 Å². The Hall–Kier alpha value is -0.0551. The van der Waals surface area contributed by atoms with Crippen molar-refractivity contribution in [3.05, 3.63) is 0 Å². The standard InChI is InChI=1S/C11H20BNO2/c1-11(2)7-4-8(11)10-9(5-7)14-12(15-10)6-13-3/h7-10,13H,4-6H2,1-3H3. The fourth-order valence-electron chi connectivity index (χ4n) is 3.67. The van der Waals surface area contributed by atoms with Gasteiger partial charge in [-0.3, -0.25) is 0 Å². The molecule has 1 N–H and O–H groups in total. The Morgan fingerprint density at radius 1 is 1.33 bits per heavy atom. The van der Waals surface area contributed by atoms with Crippen LogP contribution < -0.4 is 5.32 Å². The van der Waals surface area contributed by atoms with Gasteiger partial charge in [0.05, 0.1) is 12.2 Å². The van der Waals surface area contributed by atoms with Crippen molar-refractivity contribution < 1.29 is 9.31 Å². The first kappa shape index (κ1) is 10.1. The summed E-state index contributed by atoms with van der Waals surface area (Å²) >= 11 is 0. The summed E-state index contributed by atoms with van der Waals surface area (Å²) in [6, 6.07) is 0. The zero-order valence-electron chi connectivity index (χ0n) is 9.82. The van der Waals surface area contributed by atoms with Crippen LogP contribution in [-0.2, 0) is 9.31 Å². The molecule has 3 saturated carbocycles. The fraction of sp³-hybridized carbons (Fsp3) is 1.00. The number of hydrogen-bond donors (Lipinski definition) is 1.